The highest BCUT2D eigenvalue weighted by Gasteiger charge is 2.14. The fourth-order valence-electron chi connectivity index (χ4n) is 1.48. The van der Waals surface area contributed by atoms with E-state index in [1.165, 1.54) is 11.0 Å². The van der Waals surface area contributed by atoms with Gasteiger partial charge in [-0.15, -0.1) is 0 Å². The van der Waals surface area contributed by atoms with Crippen LogP contribution in [-0.4, -0.2) is 39.6 Å². The number of nitrogen functional groups attached to an aromatic ring is 2. The molecule has 0 aliphatic rings. The van der Waals surface area contributed by atoms with Gasteiger partial charge >= 0.3 is 0 Å². The second-order valence-electron chi connectivity index (χ2n) is 3.99. The molecule has 0 atom stereocenters. The highest BCUT2D eigenvalue weighted by atomic mass is 32.2. The topological polar surface area (TPSA) is 146 Å². The Balaban J connectivity index is 2.60. The summed E-state index contributed by atoms with van der Waals surface area (Å²) in [6, 6.07) is 5.38. The van der Waals surface area contributed by atoms with Crippen molar-refractivity contribution in [3.05, 3.63) is 6.07 Å². The van der Waals surface area contributed by atoms with Gasteiger partial charge in [-0.1, -0.05) is 11.8 Å². The number of anilines is 2. The molecule has 0 saturated heterocycles. The molecule has 0 radical (unpaired) electrons. The molecule has 1 amide bonds. The number of thioether (sulfide) groups is 1. The molecule has 8 nitrogen and oxygen atoms in total. The molecule has 0 aliphatic heterocycles. The van der Waals surface area contributed by atoms with E-state index in [9.17, 15) is 4.79 Å². The molecule has 0 saturated carbocycles. The normalized spacial score (nSPS) is 9.62. The molecule has 0 spiro atoms. The summed E-state index contributed by atoms with van der Waals surface area (Å²) in [6.45, 7) is 0.606. The van der Waals surface area contributed by atoms with Gasteiger partial charge in [0.1, 0.15) is 11.6 Å². The highest BCUT2D eigenvalue weighted by molar-refractivity contribution is 7.99. The van der Waals surface area contributed by atoms with E-state index in [1.807, 2.05) is 12.1 Å². The van der Waals surface area contributed by atoms with E-state index in [0.29, 0.717) is 18.2 Å². The maximum Gasteiger partial charge on any atom is 0.233 e. The monoisotopic (exact) mass is 305 g/mol. The lowest BCUT2D eigenvalue weighted by atomic mass is 10.3. The Bertz CT molecular complexity index is 540. The number of rotatable bonds is 7. The summed E-state index contributed by atoms with van der Waals surface area (Å²) >= 11 is 1.11. The van der Waals surface area contributed by atoms with Crippen molar-refractivity contribution in [3.63, 3.8) is 0 Å². The molecule has 1 rings (SSSR count). The first kappa shape index (κ1) is 16.5. The first-order valence-corrected chi connectivity index (χ1v) is 7.10. The minimum Gasteiger partial charge on any atom is -0.383 e. The molecule has 0 fully saturated rings. The predicted octanol–water partition coefficient (Wildman–Crippen LogP) is 0.389. The number of carbonyl (C=O) groups excluding carboxylic acids is 1. The third kappa shape index (κ3) is 5.97. The lowest BCUT2D eigenvalue weighted by molar-refractivity contribution is -0.128. The maximum atomic E-state index is 12.1. The zero-order valence-electron chi connectivity index (χ0n) is 11.3. The number of hydrogen-bond acceptors (Lipinski definition) is 8. The molecular weight excluding hydrogens is 290 g/mol. The molecule has 1 heterocycles. The molecule has 1 aromatic rings. The Hall–Kier alpha value is -2.52. The standard InChI is InChI=1S/C12H15N7OS/c13-3-1-5-19(6-2-4-14)11(20)8-21-12-17-9(15)7-10(16)18-12/h7H,1-2,5-6,8H2,(H4,15,16,17,18). The van der Waals surface area contributed by atoms with Gasteiger partial charge < -0.3 is 16.4 Å². The fraction of sp³-hybridized carbons (Fsp3) is 0.417. The molecule has 0 unspecified atom stereocenters. The Kier molecular flexibility index (Phi) is 6.78. The number of carbonyl (C=O) groups is 1. The summed E-state index contributed by atoms with van der Waals surface area (Å²) in [4.78, 5) is 21.5. The van der Waals surface area contributed by atoms with Crippen molar-refractivity contribution in [2.75, 3.05) is 30.3 Å². The summed E-state index contributed by atoms with van der Waals surface area (Å²) in [5.74, 6) is 0.390. The predicted molar refractivity (Wildman–Crippen MR) is 78.6 cm³/mol. The summed E-state index contributed by atoms with van der Waals surface area (Å²) < 4.78 is 0. The van der Waals surface area contributed by atoms with Crippen molar-refractivity contribution in [2.45, 2.75) is 18.0 Å². The Labute approximate surface area is 126 Å². The van der Waals surface area contributed by atoms with E-state index in [0.717, 1.165) is 11.8 Å². The number of aromatic nitrogens is 2. The largest absolute Gasteiger partial charge is 0.383 e. The van der Waals surface area contributed by atoms with Crippen LogP contribution in [0.3, 0.4) is 0 Å². The average Bonchev–Trinajstić information content (AvgIpc) is 2.44. The van der Waals surface area contributed by atoms with Gasteiger partial charge in [-0.25, -0.2) is 9.97 Å². The van der Waals surface area contributed by atoms with E-state index in [1.54, 1.807) is 0 Å². The minimum atomic E-state index is -0.185. The van der Waals surface area contributed by atoms with Crippen LogP contribution in [0.2, 0.25) is 0 Å². The summed E-state index contributed by atoms with van der Waals surface area (Å²) in [6.07, 6.45) is 0.452. The number of nitrogens with zero attached hydrogens (tertiary/aromatic N) is 5. The quantitative estimate of drug-likeness (QED) is 0.543. The van der Waals surface area contributed by atoms with E-state index in [4.69, 9.17) is 22.0 Å². The molecule has 1 aromatic heterocycles. The molecule has 110 valence electrons. The van der Waals surface area contributed by atoms with Crippen molar-refractivity contribution in [1.29, 1.82) is 10.5 Å². The van der Waals surface area contributed by atoms with Gasteiger partial charge in [0.15, 0.2) is 5.16 Å². The zero-order chi connectivity index (χ0) is 15.7. The van der Waals surface area contributed by atoms with Gasteiger partial charge in [-0.05, 0) is 0 Å². The first-order chi connectivity index (χ1) is 10.1. The smallest absolute Gasteiger partial charge is 0.233 e. The summed E-state index contributed by atoms with van der Waals surface area (Å²) in [7, 11) is 0. The van der Waals surface area contributed by atoms with E-state index >= 15 is 0 Å². The lowest BCUT2D eigenvalue weighted by Gasteiger charge is -2.19. The maximum absolute atomic E-state index is 12.1. The number of nitriles is 2. The van der Waals surface area contributed by atoms with Crippen molar-refractivity contribution in [1.82, 2.24) is 14.9 Å². The lowest BCUT2D eigenvalue weighted by Crippen LogP contribution is -2.34. The van der Waals surface area contributed by atoms with Crippen molar-refractivity contribution >= 4 is 29.3 Å². The van der Waals surface area contributed by atoms with Gasteiger partial charge in [-0.2, -0.15) is 10.5 Å². The van der Waals surface area contributed by atoms with Crippen molar-refractivity contribution < 1.29 is 4.79 Å². The molecule has 9 heteroatoms. The first-order valence-electron chi connectivity index (χ1n) is 6.11. The van der Waals surface area contributed by atoms with Crippen LogP contribution in [-0.2, 0) is 4.79 Å². The third-order valence-electron chi connectivity index (χ3n) is 2.41. The molecular formula is C12H15N7OS. The van der Waals surface area contributed by atoms with Crippen molar-refractivity contribution in [2.24, 2.45) is 0 Å². The van der Waals surface area contributed by atoms with Crippen LogP contribution < -0.4 is 11.5 Å². The van der Waals surface area contributed by atoms with Gasteiger partial charge in [0, 0.05) is 19.2 Å². The number of amides is 1. The van der Waals surface area contributed by atoms with Gasteiger partial charge in [0.25, 0.3) is 0 Å². The second-order valence-corrected chi connectivity index (χ2v) is 4.93. The van der Waals surface area contributed by atoms with Crippen LogP contribution in [0.5, 0.6) is 0 Å². The van der Waals surface area contributed by atoms with Crippen LogP contribution in [0.4, 0.5) is 11.6 Å². The average molecular weight is 305 g/mol. The summed E-state index contributed by atoms with van der Waals surface area (Å²) in [5.41, 5.74) is 11.1. The molecule has 0 aromatic carbocycles. The third-order valence-corrected chi connectivity index (χ3v) is 3.24. The Morgan fingerprint density at radius 1 is 1.19 bits per heavy atom. The summed E-state index contributed by atoms with van der Waals surface area (Å²) in [5, 5.41) is 17.5. The van der Waals surface area contributed by atoms with Gasteiger partial charge in [-0.3, -0.25) is 4.79 Å². The van der Waals surface area contributed by atoms with Crippen molar-refractivity contribution in [3.8, 4) is 12.1 Å². The number of hydrogen-bond donors (Lipinski definition) is 2. The minimum absolute atomic E-state index is 0.0970. The van der Waals surface area contributed by atoms with E-state index in [2.05, 4.69) is 9.97 Å². The fourth-order valence-corrected chi connectivity index (χ4v) is 2.25. The molecule has 21 heavy (non-hydrogen) atoms. The molecule has 0 aliphatic carbocycles. The SMILES string of the molecule is N#CCCN(CCC#N)C(=O)CSc1nc(N)cc(N)n1. The Morgan fingerprint density at radius 2 is 1.71 bits per heavy atom. The zero-order valence-corrected chi connectivity index (χ0v) is 12.1. The van der Waals surface area contributed by atoms with Crippen LogP contribution in [0.1, 0.15) is 12.8 Å². The molecule has 0 bridgehead atoms. The molecule has 4 N–H and O–H groups in total. The van der Waals surface area contributed by atoms with Gasteiger partial charge in [0.05, 0.1) is 30.7 Å². The van der Waals surface area contributed by atoms with E-state index < -0.39 is 0 Å². The highest BCUT2D eigenvalue weighted by Crippen LogP contribution is 2.17. The second kappa shape index (κ2) is 8.61. The van der Waals surface area contributed by atoms with Crippen LogP contribution in [0.25, 0.3) is 0 Å². The van der Waals surface area contributed by atoms with Crippen LogP contribution >= 0.6 is 11.8 Å². The number of nitrogens with two attached hydrogens (primary N) is 2. The van der Waals surface area contributed by atoms with Crippen LogP contribution in [0, 0.1) is 22.7 Å². The van der Waals surface area contributed by atoms with E-state index in [-0.39, 0.29) is 36.1 Å². The van der Waals surface area contributed by atoms with Gasteiger partial charge in [0.2, 0.25) is 5.91 Å². The Morgan fingerprint density at radius 3 is 2.19 bits per heavy atom. The van der Waals surface area contributed by atoms with Crippen LogP contribution in [0.15, 0.2) is 11.2 Å².